The molecule has 2 saturated heterocycles. The van der Waals surface area contributed by atoms with Gasteiger partial charge in [0.15, 0.2) is 0 Å². The predicted octanol–water partition coefficient (Wildman–Crippen LogP) is 2.09. The molecule has 7 heteroatoms. The topological polar surface area (TPSA) is 53.0 Å². The highest BCUT2D eigenvalue weighted by Gasteiger charge is 2.45. The minimum Gasteiger partial charge on any atom is -0.435 e. The smallest absolute Gasteiger partial charge is 0.387 e. The van der Waals surface area contributed by atoms with Gasteiger partial charge in [0.05, 0.1) is 5.60 Å². The van der Waals surface area contributed by atoms with Crippen molar-refractivity contribution >= 4 is 5.91 Å². The molecule has 1 aromatic carbocycles. The van der Waals surface area contributed by atoms with Crippen LogP contribution in [-0.4, -0.2) is 59.2 Å². The number of ether oxygens (including phenoxy) is 1. The van der Waals surface area contributed by atoms with Gasteiger partial charge in [-0.25, -0.2) is 0 Å². The number of fused-ring (bicyclic) bond motifs is 1. The number of benzene rings is 1. The maximum atomic E-state index is 12.2. The Morgan fingerprint density at radius 3 is 2.60 bits per heavy atom. The molecular formula is C18H24F2N2O3. The van der Waals surface area contributed by atoms with Crippen molar-refractivity contribution in [2.45, 2.75) is 38.5 Å². The van der Waals surface area contributed by atoms with Crippen molar-refractivity contribution in [1.29, 1.82) is 0 Å². The Labute approximate surface area is 146 Å². The lowest BCUT2D eigenvalue weighted by atomic mass is 9.75. The summed E-state index contributed by atoms with van der Waals surface area (Å²) in [5.74, 6) is 0.241. The molecule has 3 rings (SSSR count). The molecule has 2 aliphatic rings. The first kappa shape index (κ1) is 18.1. The molecule has 2 heterocycles. The molecule has 25 heavy (non-hydrogen) atoms. The number of aliphatic hydroxyl groups is 1. The zero-order valence-electron chi connectivity index (χ0n) is 14.3. The summed E-state index contributed by atoms with van der Waals surface area (Å²) in [6, 6.07) is 6.64. The molecule has 0 saturated carbocycles. The zero-order chi connectivity index (χ0) is 18.0. The molecule has 2 fully saturated rings. The van der Waals surface area contributed by atoms with Gasteiger partial charge in [0, 0.05) is 45.6 Å². The Hall–Kier alpha value is -1.73. The summed E-state index contributed by atoms with van der Waals surface area (Å²) in [5.41, 5.74) is 0.323. The van der Waals surface area contributed by atoms with Crippen LogP contribution < -0.4 is 4.74 Å². The Morgan fingerprint density at radius 2 is 1.96 bits per heavy atom. The SMILES string of the molecule is CC(=O)N1CC[C@@]2(O)CCN(Cc3ccc(OC(F)F)cc3)C[C@H]2C1. The molecule has 0 bridgehead atoms. The minimum absolute atomic E-state index is 0.0420. The van der Waals surface area contributed by atoms with Gasteiger partial charge in [-0.15, -0.1) is 0 Å². The van der Waals surface area contributed by atoms with Gasteiger partial charge in [0.2, 0.25) is 5.91 Å². The molecule has 1 N–H and O–H groups in total. The second-order valence-corrected chi connectivity index (χ2v) is 7.02. The number of halogens is 2. The van der Waals surface area contributed by atoms with Gasteiger partial charge in [-0.05, 0) is 30.5 Å². The standard InChI is InChI=1S/C18H24F2N2O3/c1-13(23)22-9-7-18(24)6-8-21(11-15(18)12-22)10-14-2-4-16(5-3-14)25-17(19)20/h2-5,15,17,24H,6-12H2,1H3/t15-,18-/m0/s1. The number of amides is 1. The quantitative estimate of drug-likeness (QED) is 0.900. The van der Waals surface area contributed by atoms with E-state index in [0.29, 0.717) is 32.5 Å². The van der Waals surface area contributed by atoms with Gasteiger partial charge in [-0.1, -0.05) is 12.1 Å². The number of carbonyl (C=O) groups excluding carboxylic acids is 1. The Morgan fingerprint density at radius 1 is 1.28 bits per heavy atom. The lowest BCUT2D eigenvalue weighted by molar-refractivity contribution is -0.145. The summed E-state index contributed by atoms with van der Waals surface area (Å²) in [5, 5.41) is 10.8. The second-order valence-electron chi connectivity index (χ2n) is 7.02. The van der Waals surface area contributed by atoms with Crippen LogP contribution in [0.4, 0.5) is 8.78 Å². The van der Waals surface area contributed by atoms with E-state index in [1.165, 1.54) is 0 Å². The largest absolute Gasteiger partial charge is 0.435 e. The molecule has 1 amide bonds. The molecule has 0 spiro atoms. The number of carbonyl (C=O) groups is 1. The van der Waals surface area contributed by atoms with Gasteiger partial charge < -0.3 is 14.7 Å². The number of hydrogen-bond acceptors (Lipinski definition) is 4. The molecule has 0 unspecified atom stereocenters. The third-order valence-electron chi connectivity index (χ3n) is 5.35. The highest BCUT2D eigenvalue weighted by atomic mass is 19.3. The first-order chi connectivity index (χ1) is 11.9. The minimum atomic E-state index is -2.82. The molecule has 0 aromatic heterocycles. The fourth-order valence-corrected chi connectivity index (χ4v) is 3.84. The summed E-state index contributed by atoms with van der Waals surface area (Å²) in [7, 11) is 0. The van der Waals surface area contributed by atoms with Crippen LogP contribution >= 0.6 is 0 Å². The number of piperidine rings is 2. The number of rotatable bonds is 4. The van der Waals surface area contributed by atoms with Gasteiger partial charge in [0.1, 0.15) is 5.75 Å². The van der Waals surface area contributed by atoms with Crippen LogP contribution in [0, 0.1) is 5.92 Å². The van der Waals surface area contributed by atoms with E-state index >= 15 is 0 Å². The first-order valence-electron chi connectivity index (χ1n) is 8.60. The molecule has 2 aliphatic heterocycles. The maximum Gasteiger partial charge on any atom is 0.387 e. The lowest BCUT2D eigenvalue weighted by Crippen LogP contribution is -2.60. The lowest BCUT2D eigenvalue weighted by Gasteiger charge is -2.50. The summed E-state index contributed by atoms with van der Waals surface area (Å²) in [6.07, 6.45) is 1.32. The fourth-order valence-electron chi connectivity index (χ4n) is 3.84. The average molecular weight is 354 g/mol. The summed E-state index contributed by atoms with van der Waals surface area (Å²) >= 11 is 0. The van der Waals surface area contributed by atoms with Crippen LogP contribution in [0.5, 0.6) is 5.75 Å². The number of likely N-dealkylation sites (tertiary alicyclic amines) is 2. The number of alkyl halides is 2. The van der Waals surface area contributed by atoms with Crippen molar-refractivity contribution in [2.24, 2.45) is 5.92 Å². The van der Waals surface area contributed by atoms with Crippen LogP contribution in [0.2, 0.25) is 0 Å². The van der Waals surface area contributed by atoms with E-state index in [9.17, 15) is 18.7 Å². The highest BCUT2D eigenvalue weighted by Crippen LogP contribution is 2.36. The molecule has 138 valence electrons. The van der Waals surface area contributed by atoms with Gasteiger partial charge in [0.25, 0.3) is 0 Å². The van der Waals surface area contributed by atoms with Gasteiger partial charge in [-0.3, -0.25) is 9.69 Å². The predicted molar refractivity (Wildman–Crippen MR) is 88.3 cm³/mol. The van der Waals surface area contributed by atoms with E-state index in [4.69, 9.17) is 0 Å². The zero-order valence-corrected chi connectivity index (χ0v) is 14.3. The normalized spacial score (nSPS) is 27.2. The van der Waals surface area contributed by atoms with E-state index in [1.54, 1.807) is 36.1 Å². The molecule has 0 radical (unpaired) electrons. The first-order valence-corrected chi connectivity index (χ1v) is 8.60. The average Bonchev–Trinajstić information content (AvgIpc) is 2.56. The van der Waals surface area contributed by atoms with Crippen LogP contribution in [0.3, 0.4) is 0 Å². The van der Waals surface area contributed by atoms with E-state index in [1.807, 2.05) is 0 Å². The van der Waals surface area contributed by atoms with Crippen molar-refractivity contribution in [2.75, 3.05) is 26.2 Å². The molecular weight excluding hydrogens is 330 g/mol. The van der Waals surface area contributed by atoms with Crippen molar-refractivity contribution in [3.63, 3.8) is 0 Å². The Kier molecular flexibility index (Phi) is 5.24. The van der Waals surface area contributed by atoms with Crippen molar-refractivity contribution < 1.29 is 23.4 Å². The van der Waals surface area contributed by atoms with Crippen molar-refractivity contribution in [3.05, 3.63) is 29.8 Å². The van der Waals surface area contributed by atoms with Crippen molar-refractivity contribution in [3.8, 4) is 5.75 Å². The van der Waals surface area contributed by atoms with E-state index in [0.717, 1.165) is 18.7 Å². The molecule has 1 aromatic rings. The Balaban J connectivity index is 1.60. The second kappa shape index (κ2) is 7.25. The third kappa shape index (κ3) is 4.27. The van der Waals surface area contributed by atoms with Gasteiger partial charge in [-0.2, -0.15) is 8.78 Å². The van der Waals surface area contributed by atoms with Crippen LogP contribution in [0.25, 0.3) is 0 Å². The highest BCUT2D eigenvalue weighted by molar-refractivity contribution is 5.73. The van der Waals surface area contributed by atoms with E-state index < -0.39 is 12.2 Å². The summed E-state index contributed by atoms with van der Waals surface area (Å²) < 4.78 is 28.7. The molecule has 5 nitrogen and oxygen atoms in total. The van der Waals surface area contributed by atoms with Crippen LogP contribution in [0.15, 0.2) is 24.3 Å². The fraction of sp³-hybridized carbons (Fsp3) is 0.611. The van der Waals surface area contributed by atoms with Crippen LogP contribution in [0.1, 0.15) is 25.3 Å². The maximum absolute atomic E-state index is 12.2. The summed E-state index contributed by atoms with van der Waals surface area (Å²) in [6.45, 7) is 2.13. The van der Waals surface area contributed by atoms with E-state index in [2.05, 4.69) is 9.64 Å². The summed E-state index contributed by atoms with van der Waals surface area (Å²) in [4.78, 5) is 15.7. The van der Waals surface area contributed by atoms with Gasteiger partial charge >= 0.3 is 6.61 Å². The molecule has 0 aliphatic carbocycles. The number of hydrogen-bond donors (Lipinski definition) is 1. The van der Waals surface area contributed by atoms with E-state index in [-0.39, 0.29) is 17.6 Å². The monoisotopic (exact) mass is 354 g/mol. The number of nitrogens with zero attached hydrogens (tertiary/aromatic N) is 2. The van der Waals surface area contributed by atoms with Crippen molar-refractivity contribution in [1.82, 2.24) is 9.80 Å². The molecule has 2 atom stereocenters. The Bertz CT molecular complexity index is 611. The third-order valence-corrected chi connectivity index (χ3v) is 5.35. The van der Waals surface area contributed by atoms with Crippen LogP contribution in [-0.2, 0) is 11.3 Å².